The van der Waals surface area contributed by atoms with Crippen molar-refractivity contribution in [2.75, 3.05) is 19.8 Å². The topological polar surface area (TPSA) is 123 Å². The second-order valence-electron chi connectivity index (χ2n) is 11.8. The van der Waals surface area contributed by atoms with Crippen LogP contribution < -0.4 is 11.1 Å². The largest absolute Gasteiger partial charge is 0.501 e. The summed E-state index contributed by atoms with van der Waals surface area (Å²) < 4.78 is 95.6. The van der Waals surface area contributed by atoms with Crippen LogP contribution in [0.4, 0.5) is 26.3 Å². The first-order valence-corrected chi connectivity index (χ1v) is 15.9. The molecule has 0 aliphatic carbocycles. The Labute approximate surface area is 286 Å². The van der Waals surface area contributed by atoms with Crippen LogP contribution in [0.5, 0.6) is 0 Å². The number of hydrogen-bond acceptors (Lipinski definition) is 8. The van der Waals surface area contributed by atoms with Crippen molar-refractivity contribution >= 4 is 24.3 Å². The highest BCUT2D eigenvalue weighted by Gasteiger charge is 2.36. The normalized spacial score (nSPS) is 13.1. The van der Waals surface area contributed by atoms with Gasteiger partial charge in [0.1, 0.15) is 18.4 Å². The summed E-state index contributed by atoms with van der Waals surface area (Å²) in [5, 5.41) is 0. The van der Waals surface area contributed by atoms with Crippen LogP contribution in [0.25, 0.3) is 6.08 Å². The third kappa shape index (κ3) is 13.2. The highest BCUT2D eigenvalue weighted by atomic mass is 19.4. The van der Waals surface area contributed by atoms with Crippen LogP contribution in [0.3, 0.4) is 0 Å². The number of ether oxygens (including phenoxy) is 3. The van der Waals surface area contributed by atoms with E-state index in [9.17, 15) is 50.3 Å². The Morgan fingerprint density at radius 2 is 1.18 bits per heavy atom. The lowest BCUT2D eigenvalue weighted by atomic mass is 10.0. The van der Waals surface area contributed by atoms with Crippen molar-refractivity contribution in [1.82, 2.24) is 9.13 Å². The van der Waals surface area contributed by atoms with Crippen LogP contribution in [0, 0.1) is 11.8 Å². The summed E-state index contributed by atoms with van der Waals surface area (Å²) >= 11 is 0. The van der Waals surface area contributed by atoms with Crippen molar-refractivity contribution in [3.8, 4) is 0 Å². The molecular formula is C34H44F6N2O8. The third-order valence-corrected chi connectivity index (χ3v) is 6.88. The lowest BCUT2D eigenvalue weighted by molar-refractivity contribution is -0.148. The van der Waals surface area contributed by atoms with Gasteiger partial charge < -0.3 is 28.1 Å². The van der Waals surface area contributed by atoms with E-state index >= 15 is 0 Å². The van der Waals surface area contributed by atoms with E-state index in [0.717, 1.165) is 33.9 Å². The molecule has 10 nitrogen and oxygen atoms in total. The van der Waals surface area contributed by atoms with Gasteiger partial charge in [0.05, 0.1) is 37.2 Å². The Bertz CT molecular complexity index is 1580. The van der Waals surface area contributed by atoms with Crippen LogP contribution in [-0.4, -0.2) is 47.2 Å². The fraction of sp³-hybridized carbons (Fsp3) is 0.559. The van der Waals surface area contributed by atoms with Crippen LogP contribution in [0.2, 0.25) is 0 Å². The molecule has 50 heavy (non-hydrogen) atoms. The number of hydrogen-bond donors (Lipinski definition) is 0. The van der Waals surface area contributed by atoms with Gasteiger partial charge in [0.2, 0.25) is 0 Å². The number of halogens is 6. The second-order valence-corrected chi connectivity index (χ2v) is 11.8. The fourth-order valence-corrected chi connectivity index (χ4v) is 4.77. The zero-order valence-electron chi connectivity index (χ0n) is 29.0. The Hall–Kier alpha value is -4.37. The van der Waals surface area contributed by atoms with Crippen molar-refractivity contribution < 1.29 is 54.9 Å². The predicted molar refractivity (Wildman–Crippen MR) is 172 cm³/mol. The quantitative estimate of drug-likeness (QED) is 0.0854. The number of carbonyl (C=O) groups excluding carboxylic acids is 3. The van der Waals surface area contributed by atoms with Gasteiger partial charge in [-0.1, -0.05) is 27.7 Å². The van der Waals surface area contributed by atoms with Gasteiger partial charge >= 0.3 is 24.3 Å². The highest BCUT2D eigenvalue weighted by molar-refractivity contribution is 5.75. The molecule has 0 spiro atoms. The van der Waals surface area contributed by atoms with Crippen molar-refractivity contribution in [3.05, 3.63) is 73.7 Å². The van der Waals surface area contributed by atoms with Crippen molar-refractivity contribution in [3.63, 3.8) is 0 Å². The minimum atomic E-state index is -4.76. The molecule has 2 aromatic rings. The maximum absolute atomic E-state index is 13.2. The Morgan fingerprint density at radius 3 is 1.56 bits per heavy atom. The smallest absolute Gasteiger partial charge is 0.417 e. The Balaban J connectivity index is 0.000000502. The maximum Gasteiger partial charge on any atom is 0.417 e. The van der Waals surface area contributed by atoms with Gasteiger partial charge in [0.15, 0.2) is 0 Å². The number of rotatable bonds is 15. The molecule has 16 heteroatoms. The Kier molecular flexibility index (Phi) is 17.2. The molecule has 0 amide bonds. The summed E-state index contributed by atoms with van der Waals surface area (Å²) in [6, 6.07) is -1.11. The van der Waals surface area contributed by atoms with E-state index in [2.05, 4.69) is 0 Å². The SMILES string of the molecule is CCO/C=C/c1cn(C(CC(C)C)C(=O)OCC)c(=O)cc1C(F)(F)F.CCOC(=O)C(CC(C)C)n1cc(CC=O)c(C(F)(F)F)cc1=O. The minimum absolute atomic E-state index is 0.00289. The molecular weight excluding hydrogens is 678 g/mol. The molecule has 0 aliphatic heterocycles. The van der Waals surface area contributed by atoms with E-state index in [-0.39, 0.29) is 55.6 Å². The molecule has 2 aromatic heterocycles. The van der Waals surface area contributed by atoms with Crippen LogP contribution in [-0.2, 0) is 47.4 Å². The van der Waals surface area contributed by atoms with Gasteiger partial charge in [-0.25, -0.2) is 9.59 Å². The highest BCUT2D eigenvalue weighted by Crippen LogP contribution is 2.33. The lowest BCUT2D eigenvalue weighted by Gasteiger charge is -2.22. The number of carbonyl (C=O) groups is 3. The van der Waals surface area contributed by atoms with Gasteiger partial charge in [0.25, 0.3) is 11.1 Å². The van der Waals surface area contributed by atoms with Crippen LogP contribution in [0.15, 0.2) is 40.4 Å². The van der Waals surface area contributed by atoms with Gasteiger partial charge in [-0.3, -0.25) is 9.59 Å². The number of aldehydes is 1. The molecule has 0 radical (unpaired) electrons. The first kappa shape index (κ1) is 43.7. The molecule has 2 heterocycles. The maximum atomic E-state index is 13.2. The number of esters is 2. The summed E-state index contributed by atoms with van der Waals surface area (Å²) in [5.41, 5.74) is -4.73. The van der Waals surface area contributed by atoms with E-state index in [1.165, 1.54) is 0 Å². The van der Waals surface area contributed by atoms with E-state index in [1.807, 2.05) is 27.7 Å². The Morgan fingerprint density at radius 1 is 0.740 bits per heavy atom. The van der Waals surface area contributed by atoms with Crippen molar-refractivity contribution in [1.29, 1.82) is 0 Å². The standard InChI is InChI=1S/C18H24F3NO4.C16H20F3NO4/c1-5-25-8-7-13-11-22(16(23)10-14(13)18(19,20)21)15(9-12(3)4)17(24)26-6-2;1-4-24-15(23)13(7-10(2)3)20-9-11(5-6-21)12(8-14(20)22)16(17,18)19/h7-8,10-12,15H,5-6,9H2,1-4H3;6,8-10,13H,4-5,7H2,1-3H3/b8-7+;. The number of pyridine rings is 2. The van der Waals surface area contributed by atoms with Gasteiger partial charge in [-0.05, 0) is 57.1 Å². The number of nitrogens with zero attached hydrogens (tertiary/aromatic N) is 2. The molecule has 0 fully saturated rings. The van der Waals surface area contributed by atoms with Crippen LogP contribution in [0.1, 0.15) is 95.6 Å². The molecule has 2 atom stereocenters. The molecule has 2 rings (SSSR count). The molecule has 0 aliphatic rings. The van der Waals surface area contributed by atoms with Crippen molar-refractivity contribution in [2.45, 2.75) is 92.2 Å². The molecule has 0 N–H and O–H groups in total. The monoisotopic (exact) mass is 722 g/mol. The molecule has 2 unspecified atom stereocenters. The molecule has 280 valence electrons. The van der Waals surface area contributed by atoms with Crippen molar-refractivity contribution in [2.24, 2.45) is 11.8 Å². The van der Waals surface area contributed by atoms with E-state index < -0.39 is 65.0 Å². The molecule has 0 aromatic carbocycles. The summed E-state index contributed by atoms with van der Waals surface area (Å²) in [7, 11) is 0. The van der Waals surface area contributed by atoms with Gasteiger partial charge in [0, 0.05) is 36.5 Å². The molecule has 0 saturated heterocycles. The van der Waals surface area contributed by atoms with E-state index in [1.54, 1.807) is 20.8 Å². The third-order valence-electron chi connectivity index (χ3n) is 6.88. The first-order chi connectivity index (χ1) is 23.2. The predicted octanol–water partition coefficient (Wildman–Crippen LogP) is 6.78. The van der Waals surface area contributed by atoms with Gasteiger partial charge in [-0.2, -0.15) is 26.3 Å². The average molecular weight is 723 g/mol. The fourth-order valence-electron chi connectivity index (χ4n) is 4.77. The van der Waals surface area contributed by atoms with E-state index in [4.69, 9.17) is 14.2 Å². The summed E-state index contributed by atoms with van der Waals surface area (Å²) in [6.45, 7) is 12.7. The summed E-state index contributed by atoms with van der Waals surface area (Å²) in [5.74, 6) is -1.31. The minimum Gasteiger partial charge on any atom is -0.501 e. The number of aromatic nitrogens is 2. The number of alkyl halides is 6. The zero-order chi connectivity index (χ0) is 38.4. The van der Waals surface area contributed by atoms with E-state index in [0.29, 0.717) is 18.4 Å². The summed E-state index contributed by atoms with van der Waals surface area (Å²) in [6.07, 6.45) is -4.94. The summed E-state index contributed by atoms with van der Waals surface area (Å²) in [4.78, 5) is 59.5. The molecule has 0 bridgehead atoms. The zero-order valence-corrected chi connectivity index (χ0v) is 29.0. The van der Waals surface area contributed by atoms with Gasteiger partial charge in [-0.15, -0.1) is 0 Å². The average Bonchev–Trinajstić information content (AvgIpc) is 2.99. The lowest BCUT2D eigenvalue weighted by Crippen LogP contribution is -2.33. The molecule has 0 saturated carbocycles. The van der Waals surface area contributed by atoms with Crippen LogP contribution >= 0.6 is 0 Å². The second kappa shape index (κ2) is 19.7. The first-order valence-electron chi connectivity index (χ1n) is 15.9.